The molecule has 1 aromatic carbocycles. The van der Waals surface area contributed by atoms with Gasteiger partial charge in [0.1, 0.15) is 11.3 Å². The van der Waals surface area contributed by atoms with Crippen LogP contribution in [0, 0.1) is 0 Å². The second-order valence-corrected chi connectivity index (χ2v) is 8.32. The number of methoxy groups -OCH3 is 1. The molecule has 1 saturated carbocycles. The fourth-order valence-electron chi connectivity index (χ4n) is 4.60. The Morgan fingerprint density at radius 1 is 1.22 bits per heavy atom. The minimum absolute atomic E-state index is 0.263. The normalized spacial score (nSPS) is 28.6. The Morgan fingerprint density at radius 2 is 2.07 bits per heavy atom. The molecule has 3 aromatic rings. The maximum atomic E-state index is 6.33. The maximum Gasteiger partial charge on any atom is 0.113 e. The monoisotopic (exact) mass is 385 g/mol. The van der Waals surface area contributed by atoms with E-state index >= 15 is 0 Å². The molecule has 0 spiro atoms. The molecule has 142 valence electrons. The van der Waals surface area contributed by atoms with Gasteiger partial charge in [-0.1, -0.05) is 11.6 Å². The van der Waals surface area contributed by atoms with E-state index in [1.165, 1.54) is 5.82 Å². The number of imidazole rings is 1. The summed E-state index contributed by atoms with van der Waals surface area (Å²) in [6.07, 6.45) is 6.59. The molecule has 2 aromatic heterocycles. The molecule has 3 heterocycles. The summed E-state index contributed by atoms with van der Waals surface area (Å²) >= 11 is 6.33. The first-order chi connectivity index (χ1) is 13.1. The topological polar surface area (TPSA) is 49.2 Å². The van der Waals surface area contributed by atoms with E-state index in [2.05, 4.69) is 16.5 Å². The zero-order valence-corrected chi connectivity index (χ0v) is 16.4. The van der Waals surface area contributed by atoms with Gasteiger partial charge in [0.25, 0.3) is 0 Å². The zero-order valence-electron chi connectivity index (χ0n) is 15.7. The molecule has 5 nitrogen and oxygen atoms in total. The molecule has 1 saturated heterocycles. The quantitative estimate of drug-likeness (QED) is 0.645. The number of aromatic nitrogens is 3. The summed E-state index contributed by atoms with van der Waals surface area (Å²) in [6.45, 7) is 2.95. The van der Waals surface area contributed by atoms with Crippen LogP contribution in [-0.2, 0) is 9.47 Å². The number of hydrogen-bond donors (Lipinski definition) is 0. The number of rotatable bonds is 3. The summed E-state index contributed by atoms with van der Waals surface area (Å²) in [6, 6.07) is 6.30. The van der Waals surface area contributed by atoms with Gasteiger partial charge in [0.2, 0.25) is 0 Å². The lowest BCUT2D eigenvalue weighted by Gasteiger charge is -2.36. The molecule has 0 N–H and O–H groups in total. The van der Waals surface area contributed by atoms with Gasteiger partial charge >= 0.3 is 0 Å². The van der Waals surface area contributed by atoms with Crippen molar-refractivity contribution >= 4 is 33.5 Å². The van der Waals surface area contributed by atoms with Gasteiger partial charge in [-0.3, -0.25) is 4.98 Å². The number of halogens is 1. The van der Waals surface area contributed by atoms with Crippen LogP contribution in [0.4, 0.5) is 0 Å². The molecular weight excluding hydrogens is 362 g/mol. The Bertz CT molecular complexity index is 996. The molecule has 6 heteroatoms. The number of fused-ring (bicyclic) bond motifs is 3. The van der Waals surface area contributed by atoms with E-state index in [4.69, 9.17) is 26.1 Å². The van der Waals surface area contributed by atoms with Gasteiger partial charge in [0.15, 0.2) is 0 Å². The van der Waals surface area contributed by atoms with Crippen molar-refractivity contribution in [3.8, 4) is 0 Å². The molecule has 2 atom stereocenters. The average molecular weight is 386 g/mol. The van der Waals surface area contributed by atoms with Crippen molar-refractivity contribution in [1.29, 1.82) is 0 Å². The second kappa shape index (κ2) is 6.73. The van der Waals surface area contributed by atoms with E-state index in [9.17, 15) is 0 Å². The Hall–Kier alpha value is -1.69. The number of hydrogen-bond acceptors (Lipinski definition) is 4. The Kier molecular flexibility index (Phi) is 4.34. The number of nitrogens with zero attached hydrogens (tertiary/aromatic N) is 3. The summed E-state index contributed by atoms with van der Waals surface area (Å²) in [5.74, 6) is 1.61. The van der Waals surface area contributed by atoms with Crippen LogP contribution in [0.2, 0.25) is 5.02 Å². The highest BCUT2D eigenvalue weighted by Gasteiger charge is 2.36. The van der Waals surface area contributed by atoms with Crippen molar-refractivity contribution in [2.24, 2.45) is 0 Å². The van der Waals surface area contributed by atoms with Crippen LogP contribution in [0.3, 0.4) is 0 Å². The van der Waals surface area contributed by atoms with Gasteiger partial charge in [-0.2, -0.15) is 0 Å². The van der Waals surface area contributed by atoms with Crippen molar-refractivity contribution in [3.63, 3.8) is 0 Å². The first-order valence-electron chi connectivity index (χ1n) is 9.74. The number of ether oxygens (including phenoxy) is 2. The van der Waals surface area contributed by atoms with E-state index in [1.807, 2.05) is 24.4 Å². The summed E-state index contributed by atoms with van der Waals surface area (Å²) in [5, 5.41) is 1.81. The largest absolute Gasteiger partial charge is 0.381 e. The van der Waals surface area contributed by atoms with Gasteiger partial charge < -0.3 is 14.0 Å². The molecule has 0 radical (unpaired) electrons. The fraction of sp³-hybridized carbons (Fsp3) is 0.524. The van der Waals surface area contributed by atoms with Crippen LogP contribution in [0.5, 0.6) is 0 Å². The van der Waals surface area contributed by atoms with Crippen molar-refractivity contribution in [2.75, 3.05) is 13.7 Å². The summed E-state index contributed by atoms with van der Waals surface area (Å²) < 4.78 is 13.8. The summed E-state index contributed by atoms with van der Waals surface area (Å²) in [7, 11) is 1.80. The zero-order chi connectivity index (χ0) is 18.5. The van der Waals surface area contributed by atoms with E-state index in [-0.39, 0.29) is 6.10 Å². The Balaban J connectivity index is 1.72. The third-order valence-corrected chi connectivity index (χ3v) is 6.36. The fourth-order valence-corrected chi connectivity index (χ4v) is 4.77. The highest BCUT2D eigenvalue weighted by molar-refractivity contribution is 6.31. The summed E-state index contributed by atoms with van der Waals surface area (Å²) in [4.78, 5) is 9.66. The van der Waals surface area contributed by atoms with E-state index in [0.29, 0.717) is 18.1 Å². The molecule has 2 fully saturated rings. The lowest BCUT2D eigenvalue weighted by molar-refractivity contribution is 0.00214. The molecule has 1 aliphatic heterocycles. The lowest BCUT2D eigenvalue weighted by atomic mass is 9.81. The van der Waals surface area contributed by atoms with Crippen LogP contribution in [0.1, 0.15) is 50.4 Å². The van der Waals surface area contributed by atoms with Crippen LogP contribution in [0.25, 0.3) is 21.9 Å². The highest BCUT2D eigenvalue weighted by Crippen LogP contribution is 2.43. The Labute approximate surface area is 163 Å². The van der Waals surface area contributed by atoms with Crippen LogP contribution in [-0.4, -0.2) is 40.5 Å². The smallest absolute Gasteiger partial charge is 0.113 e. The lowest BCUT2D eigenvalue weighted by Crippen LogP contribution is -2.33. The maximum absolute atomic E-state index is 6.33. The molecule has 1 unspecified atom stereocenters. The second-order valence-electron chi connectivity index (χ2n) is 7.88. The first-order valence-corrected chi connectivity index (χ1v) is 10.1. The minimum Gasteiger partial charge on any atom is -0.381 e. The third-order valence-electron chi connectivity index (χ3n) is 6.12. The summed E-state index contributed by atoms with van der Waals surface area (Å²) in [5.41, 5.74) is 3.08. The van der Waals surface area contributed by atoms with Gasteiger partial charge in [-0.15, -0.1) is 0 Å². The molecule has 5 rings (SSSR count). The minimum atomic E-state index is 0.263. The highest BCUT2D eigenvalue weighted by atomic mass is 35.5. The molecule has 0 amide bonds. The van der Waals surface area contributed by atoms with Crippen molar-refractivity contribution in [1.82, 2.24) is 14.5 Å². The van der Waals surface area contributed by atoms with Crippen molar-refractivity contribution < 1.29 is 9.47 Å². The standard InChI is InChI=1S/C21H24ClN3O2/c1-12-7-15(5-6-27-12)25-20-17-10-14(22)3-4-18(17)23-11-19(20)24-21(25)13-8-16(9-13)26-2/h3-4,10-13,15-16H,5-9H2,1-2H3/t12-,13?,15?,16?/m1/s1. The van der Waals surface area contributed by atoms with Gasteiger partial charge in [0, 0.05) is 36.1 Å². The molecule has 2 aliphatic rings. The van der Waals surface area contributed by atoms with Crippen LogP contribution in [0.15, 0.2) is 24.4 Å². The number of pyridine rings is 1. The van der Waals surface area contributed by atoms with Crippen molar-refractivity contribution in [2.45, 2.75) is 56.8 Å². The SMILES string of the molecule is COC1CC(c2nc3cnc4ccc(Cl)cc4c3n2C2CCO[C@H](C)C2)C1. The van der Waals surface area contributed by atoms with Crippen LogP contribution < -0.4 is 0 Å². The van der Waals surface area contributed by atoms with Crippen molar-refractivity contribution in [3.05, 3.63) is 35.2 Å². The van der Waals surface area contributed by atoms with E-state index in [0.717, 1.165) is 59.2 Å². The molecular formula is C21H24ClN3O2. The first kappa shape index (κ1) is 17.4. The average Bonchev–Trinajstić information content (AvgIpc) is 3.00. The predicted octanol–water partition coefficient (Wildman–Crippen LogP) is 4.87. The molecule has 27 heavy (non-hydrogen) atoms. The van der Waals surface area contributed by atoms with Gasteiger partial charge in [-0.25, -0.2) is 4.98 Å². The predicted molar refractivity (Wildman–Crippen MR) is 107 cm³/mol. The van der Waals surface area contributed by atoms with Gasteiger partial charge in [-0.05, 0) is 50.8 Å². The van der Waals surface area contributed by atoms with Gasteiger partial charge in [0.05, 0.1) is 29.4 Å². The Morgan fingerprint density at radius 3 is 2.85 bits per heavy atom. The van der Waals surface area contributed by atoms with E-state index in [1.54, 1.807) is 7.11 Å². The van der Waals surface area contributed by atoms with E-state index < -0.39 is 0 Å². The number of benzene rings is 1. The molecule has 1 aliphatic carbocycles. The van der Waals surface area contributed by atoms with Crippen LogP contribution >= 0.6 is 11.6 Å². The third kappa shape index (κ3) is 2.93. The molecule has 0 bridgehead atoms.